The third-order valence-corrected chi connectivity index (χ3v) is 2.88. The average Bonchev–Trinajstić information content (AvgIpc) is 2.65. The maximum Gasteiger partial charge on any atom is 0.330 e. The quantitative estimate of drug-likeness (QED) is 0.518. The first-order valence-electron chi connectivity index (χ1n) is 5.29. The molecular formula is C10H12N2O6. The molecule has 0 amide bonds. The molecule has 0 unspecified atom stereocenters. The fourth-order valence-corrected chi connectivity index (χ4v) is 1.94. The Hall–Kier alpha value is -1.77. The molecule has 1 aromatic rings. The molecule has 98 valence electrons. The topological polar surface area (TPSA) is 122 Å². The number of rotatable bonds is 3. The van der Waals surface area contributed by atoms with Crippen molar-refractivity contribution in [3.05, 3.63) is 33.1 Å². The second kappa shape index (κ2) is 4.84. The lowest BCUT2D eigenvalue weighted by Gasteiger charge is -2.16. The second-order valence-electron chi connectivity index (χ2n) is 3.97. The van der Waals surface area contributed by atoms with Crippen LogP contribution in [0.2, 0.25) is 0 Å². The van der Waals surface area contributed by atoms with Gasteiger partial charge in [0.25, 0.3) is 5.56 Å². The molecule has 0 bridgehead atoms. The lowest BCUT2D eigenvalue weighted by molar-refractivity contribution is -0.116. The number of hydrogen-bond donors (Lipinski definition) is 3. The van der Waals surface area contributed by atoms with E-state index < -0.39 is 42.2 Å². The van der Waals surface area contributed by atoms with Crippen molar-refractivity contribution >= 4 is 6.29 Å². The summed E-state index contributed by atoms with van der Waals surface area (Å²) in [4.78, 5) is 35.4. The van der Waals surface area contributed by atoms with Crippen LogP contribution >= 0.6 is 0 Å². The first-order chi connectivity index (χ1) is 8.58. The van der Waals surface area contributed by atoms with Gasteiger partial charge in [-0.15, -0.1) is 0 Å². The monoisotopic (exact) mass is 256 g/mol. The summed E-state index contributed by atoms with van der Waals surface area (Å²) in [6, 6.07) is 1.10. The number of aromatic amines is 1. The van der Waals surface area contributed by atoms with E-state index in [4.69, 9.17) is 9.84 Å². The number of aliphatic hydroxyl groups is 2. The summed E-state index contributed by atoms with van der Waals surface area (Å²) in [5, 5.41) is 18.7. The van der Waals surface area contributed by atoms with Crippen LogP contribution in [0.5, 0.6) is 0 Å². The van der Waals surface area contributed by atoms with Crippen molar-refractivity contribution in [2.45, 2.75) is 18.4 Å². The summed E-state index contributed by atoms with van der Waals surface area (Å²) < 4.78 is 6.24. The highest BCUT2D eigenvalue weighted by Gasteiger charge is 2.44. The third-order valence-electron chi connectivity index (χ3n) is 2.88. The normalized spacial score (nSPS) is 31.4. The Bertz CT molecular complexity index is 550. The van der Waals surface area contributed by atoms with Crippen molar-refractivity contribution in [3.8, 4) is 0 Å². The fourth-order valence-electron chi connectivity index (χ4n) is 1.94. The molecular weight excluding hydrogens is 244 g/mol. The Morgan fingerprint density at radius 1 is 1.50 bits per heavy atom. The number of aromatic nitrogens is 2. The van der Waals surface area contributed by atoms with Crippen LogP contribution in [0.1, 0.15) is 6.23 Å². The Morgan fingerprint density at radius 2 is 2.22 bits per heavy atom. The zero-order valence-electron chi connectivity index (χ0n) is 9.22. The highest BCUT2D eigenvalue weighted by Crippen LogP contribution is 2.32. The molecule has 0 aromatic carbocycles. The number of H-pyrrole nitrogens is 1. The zero-order valence-corrected chi connectivity index (χ0v) is 9.22. The van der Waals surface area contributed by atoms with Gasteiger partial charge in [0.2, 0.25) is 0 Å². The summed E-state index contributed by atoms with van der Waals surface area (Å²) in [5.74, 6) is -0.981. The Kier molecular flexibility index (Phi) is 3.41. The number of aliphatic hydroxyl groups excluding tert-OH is 2. The Labute approximate surface area is 100 Å². The third kappa shape index (κ3) is 2.01. The Balaban J connectivity index is 2.41. The number of carbonyl (C=O) groups is 1. The number of hydrogen-bond acceptors (Lipinski definition) is 6. The van der Waals surface area contributed by atoms with Crippen molar-refractivity contribution in [2.24, 2.45) is 5.92 Å². The fraction of sp³-hybridized carbons (Fsp3) is 0.500. The largest absolute Gasteiger partial charge is 0.394 e. The minimum absolute atomic E-state index is 0.461. The van der Waals surface area contributed by atoms with E-state index in [2.05, 4.69) is 0 Å². The molecule has 0 radical (unpaired) electrons. The van der Waals surface area contributed by atoms with Crippen molar-refractivity contribution in [3.63, 3.8) is 0 Å². The SMILES string of the molecule is O=C[C@H]1[C@@H](O)[C@@H](CO)O[C@H]1n1ccc(=O)[nH]c1=O. The van der Waals surface area contributed by atoms with Gasteiger partial charge in [-0.25, -0.2) is 4.79 Å². The number of aldehydes is 1. The molecule has 0 spiro atoms. The van der Waals surface area contributed by atoms with Gasteiger partial charge in [-0.05, 0) is 0 Å². The van der Waals surface area contributed by atoms with Crippen LogP contribution in [0.3, 0.4) is 0 Å². The molecule has 0 saturated carbocycles. The molecule has 1 aromatic heterocycles. The van der Waals surface area contributed by atoms with E-state index in [-0.39, 0.29) is 0 Å². The maximum atomic E-state index is 11.6. The average molecular weight is 256 g/mol. The van der Waals surface area contributed by atoms with Gasteiger partial charge in [0.15, 0.2) is 6.23 Å². The van der Waals surface area contributed by atoms with Crippen molar-refractivity contribution in [2.75, 3.05) is 6.61 Å². The summed E-state index contributed by atoms with van der Waals surface area (Å²) in [6.45, 7) is -0.472. The molecule has 1 fully saturated rings. The van der Waals surface area contributed by atoms with Crippen LogP contribution in [-0.4, -0.2) is 44.9 Å². The summed E-state index contributed by atoms with van der Waals surface area (Å²) in [5.41, 5.74) is -1.32. The zero-order chi connectivity index (χ0) is 13.3. The number of nitrogens with zero attached hydrogens (tertiary/aromatic N) is 1. The second-order valence-corrected chi connectivity index (χ2v) is 3.97. The van der Waals surface area contributed by atoms with Gasteiger partial charge in [-0.2, -0.15) is 0 Å². The van der Waals surface area contributed by atoms with E-state index in [1.165, 1.54) is 6.20 Å². The van der Waals surface area contributed by atoms with Gasteiger partial charge < -0.3 is 19.7 Å². The van der Waals surface area contributed by atoms with Crippen LogP contribution in [0.4, 0.5) is 0 Å². The highest BCUT2D eigenvalue weighted by atomic mass is 16.5. The van der Waals surface area contributed by atoms with E-state index in [1.54, 1.807) is 0 Å². The lowest BCUT2D eigenvalue weighted by atomic mass is 10.0. The van der Waals surface area contributed by atoms with E-state index in [9.17, 15) is 19.5 Å². The van der Waals surface area contributed by atoms with Crippen LogP contribution in [0, 0.1) is 5.92 Å². The van der Waals surface area contributed by atoms with Crippen LogP contribution in [-0.2, 0) is 9.53 Å². The van der Waals surface area contributed by atoms with Gasteiger partial charge >= 0.3 is 5.69 Å². The number of ether oxygens (including phenoxy) is 1. The molecule has 0 aliphatic carbocycles. The molecule has 8 heteroatoms. The molecule has 8 nitrogen and oxygen atoms in total. The van der Waals surface area contributed by atoms with Crippen molar-refractivity contribution in [1.82, 2.24) is 9.55 Å². The van der Waals surface area contributed by atoms with Crippen molar-refractivity contribution in [1.29, 1.82) is 0 Å². The molecule has 1 aliphatic heterocycles. The molecule has 2 rings (SSSR count). The minimum Gasteiger partial charge on any atom is -0.394 e. The number of nitrogens with one attached hydrogen (secondary N) is 1. The van der Waals surface area contributed by atoms with Gasteiger partial charge in [0.1, 0.15) is 12.4 Å². The standard InChI is InChI=1S/C10H12N2O6/c13-3-5-8(16)6(4-14)18-9(5)12-2-1-7(15)11-10(12)17/h1-3,5-6,8-9,14,16H,4H2,(H,11,15,17)/t5-,6+,8+,9+/m0/s1. The van der Waals surface area contributed by atoms with Gasteiger partial charge in [0.05, 0.1) is 18.6 Å². The molecule has 3 N–H and O–H groups in total. The van der Waals surface area contributed by atoms with Crippen molar-refractivity contribution < 1.29 is 19.7 Å². The molecule has 2 heterocycles. The smallest absolute Gasteiger partial charge is 0.330 e. The summed E-state index contributed by atoms with van der Waals surface area (Å²) in [7, 11) is 0. The molecule has 18 heavy (non-hydrogen) atoms. The lowest BCUT2D eigenvalue weighted by Crippen LogP contribution is -2.35. The highest BCUT2D eigenvalue weighted by molar-refractivity contribution is 5.56. The van der Waals surface area contributed by atoms with E-state index in [1.807, 2.05) is 4.98 Å². The van der Waals surface area contributed by atoms with E-state index in [0.29, 0.717) is 6.29 Å². The van der Waals surface area contributed by atoms with E-state index >= 15 is 0 Å². The first kappa shape index (κ1) is 12.7. The molecule has 1 saturated heterocycles. The minimum atomic E-state index is -1.20. The predicted octanol–water partition coefficient (Wildman–Crippen LogP) is -2.40. The predicted molar refractivity (Wildman–Crippen MR) is 57.9 cm³/mol. The maximum absolute atomic E-state index is 11.6. The van der Waals surface area contributed by atoms with E-state index in [0.717, 1.165) is 10.6 Å². The molecule has 1 aliphatic rings. The summed E-state index contributed by atoms with van der Waals surface area (Å²) in [6.07, 6.45) is -1.54. The number of carbonyl (C=O) groups excluding carboxylic acids is 1. The van der Waals surface area contributed by atoms with Gasteiger partial charge in [-0.3, -0.25) is 14.3 Å². The van der Waals surface area contributed by atoms with Crippen LogP contribution < -0.4 is 11.2 Å². The Morgan fingerprint density at radius 3 is 2.78 bits per heavy atom. The van der Waals surface area contributed by atoms with Gasteiger partial charge in [0, 0.05) is 12.3 Å². The van der Waals surface area contributed by atoms with Crippen LogP contribution in [0.25, 0.3) is 0 Å². The molecule has 4 atom stereocenters. The first-order valence-corrected chi connectivity index (χ1v) is 5.29. The van der Waals surface area contributed by atoms with Gasteiger partial charge in [-0.1, -0.05) is 0 Å². The summed E-state index contributed by atoms with van der Waals surface area (Å²) >= 11 is 0. The van der Waals surface area contributed by atoms with Crippen LogP contribution in [0.15, 0.2) is 21.9 Å².